The first kappa shape index (κ1) is 17.0. The van der Waals surface area contributed by atoms with Crippen molar-refractivity contribution in [2.45, 2.75) is 26.3 Å². The number of hydrogen-bond acceptors (Lipinski definition) is 4. The van der Waals surface area contributed by atoms with E-state index in [1.807, 2.05) is 31.2 Å². The normalized spacial score (nSPS) is 14.2. The first-order valence-corrected chi connectivity index (χ1v) is 8.74. The predicted octanol–water partition coefficient (Wildman–Crippen LogP) is 3.64. The minimum Gasteiger partial charge on any atom is -0.451 e. The maximum atomic E-state index is 12.6. The third-order valence-corrected chi connectivity index (χ3v) is 4.76. The van der Waals surface area contributed by atoms with Crippen LogP contribution in [-0.4, -0.2) is 22.6 Å². The van der Waals surface area contributed by atoms with Gasteiger partial charge in [-0.25, -0.2) is 0 Å². The van der Waals surface area contributed by atoms with Gasteiger partial charge in [-0.1, -0.05) is 30.3 Å². The highest BCUT2D eigenvalue weighted by Gasteiger charge is 2.28. The molecule has 1 aliphatic heterocycles. The quantitative estimate of drug-likeness (QED) is 0.719. The second-order valence-electron chi connectivity index (χ2n) is 6.58. The summed E-state index contributed by atoms with van der Waals surface area (Å²) < 4.78 is 5.68. The molecule has 0 spiro atoms. The van der Waals surface area contributed by atoms with Crippen molar-refractivity contribution >= 4 is 34.4 Å². The van der Waals surface area contributed by atoms with Gasteiger partial charge in [0.05, 0.1) is 6.54 Å². The van der Waals surface area contributed by atoms with E-state index < -0.39 is 0 Å². The number of aryl methyl sites for hydroxylation is 1. The number of para-hydroxylation sites is 1. The molecule has 1 aliphatic rings. The first-order chi connectivity index (χ1) is 13.0. The average molecular weight is 362 g/mol. The summed E-state index contributed by atoms with van der Waals surface area (Å²) in [6, 6.07) is 14.6. The summed E-state index contributed by atoms with van der Waals surface area (Å²) in [5.41, 5.74) is 2.92. The van der Waals surface area contributed by atoms with Crippen LogP contribution in [0.25, 0.3) is 11.0 Å². The Bertz CT molecular complexity index is 1030. The van der Waals surface area contributed by atoms with Crippen LogP contribution in [0.4, 0.5) is 5.69 Å². The van der Waals surface area contributed by atoms with Gasteiger partial charge in [0.1, 0.15) is 5.58 Å². The maximum Gasteiger partial charge on any atom is 0.291 e. The molecule has 0 aliphatic carbocycles. The van der Waals surface area contributed by atoms with Crippen LogP contribution < -0.4 is 5.32 Å². The standard InChI is InChI=1S/C21H18N2O4/c1-13-16-4-2-3-5-17(16)27-20(13)21(26)22-15-8-6-14(7-9-15)12-23-18(24)10-11-19(23)25/h2-9H,10-12H2,1H3,(H,22,26). The molecule has 2 aromatic carbocycles. The van der Waals surface area contributed by atoms with E-state index in [0.29, 0.717) is 11.3 Å². The number of carbonyl (C=O) groups excluding carboxylic acids is 3. The number of furan rings is 1. The first-order valence-electron chi connectivity index (χ1n) is 8.74. The van der Waals surface area contributed by atoms with E-state index in [2.05, 4.69) is 5.32 Å². The zero-order valence-corrected chi connectivity index (χ0v) is 14.8. The molecule has 6 heteroatoms. The Morgan fingerprint density at radius 2 is 1.70 bits per heavy atom. The van der Waals surface area contributed by atoms with Crippen molar-refractivity contribution in [3.05, 3.63) is 65.4 Å². The summed E-state index contributed by atoms with van der Waals surface area (Å²) in [4.78, 5) is 37.2. The van der Waals surface area contributed by atoms with Crippen LogP contribution in [0.3, 0.4) is 0 Å². The van der Waals surface area contributed by atoms with E-state index in [4.69, 9.17) is 4.42 Å². The SMILES string of the molecule is Cc1c(C(=O)Nc2ccc(CN3C(=O)CCC3=O)cc2)oc2ccccc12. The lowest BCUT2D eigenvalue weighted by atomic mass is 10.1. The van der Waals surface area contributed by atoms with Crippen LogP contribution >= 0.6 is 0 Å². The smallest absolute Gasteiger partial charge is 0.291 e. The van der Waals surface area contributed by atoms with Crippen molar-refractivity contribution in [2.75, 3.05) is 5.32 Å². The molecule has 0 radical (unpaired) electrons. The zero-order valence-electron chi connectivity index (χ0n) is 14.8. The minimum absolute atomic E-state index is 0.141. The van der Waals surface area contributed by atoms with E-state index in [9.17, 15) is 14.4 Å². The van der Waals surface area contributed by atoms with Crippen LogP contribution in [0.1, 0.15) is 34.5 Å². The number of amides is 3. The van der Waals surface area contributed by atoms with Gasteiger partial charge in [0.2, 0.25) is 11.8 Å². The van der Waals surface area contributed by atoms with Gasteiger partial charge in [-0.15, -0.1) is 0 Å². The van der Waals surface area contributed by atoms with Crippen molar-refractivity contribution in [1.29, 1.82) is 0 Å². The summed E-state index contributed by atoms with van der Waals surface area (Å²) in [5.74, 6) is -0.314. The molecule has 0 atom stereocenters. The lowest BCUT2D eigenvalue weighted by Crippen LogP contribution is -2.28. The van der Waals surface area contributed by atoms with Crippen molar-refractivity contribution in [3.8, 4) is 0 Å². The van der Waals surface area contributed by atoms with Crippen molar-refractivity contribution in [3.63, 3.8) is 0 Å². The van der Waals surface area contributed by atoms with Crippen LogP contribution in [0, 0.1) is 6.92 Å². The fourth-order valence-electron chi connectivity index (χ4n) is 3.25. The van der Waals surface area contributed by atoms with E-state index in [1.54, 1.807) is 24.3 Å². The minimum atomic E-state index is -0.318. The third kappa shape index (κ3) is 3.21. The lowest BCUT2D eigenvalue weighted by molar-refractivity contribution is -0.139. The van der Waals surface area contributed by atoms with Gasteiger partial charge in [0.15, 0.2) is 5.76 Å². The molecule has 4 rings (SSSR count). The van der Waals surface area contributed by atoms with Crippen LogP contribution in [0.2, 0.25) is 0 Å². The number of nitrogens with one attached hydrogen (secondary N) is 1. The molecule has 0 saturated carbocycles. The number of hydrogen-bond donors (Lipinski definition) is 1. The van der Waals surface area contributed by atoms with Crippen molar-refractivity contribution in [2.24, 2.45) is 0 Å². The van der Waals surface area contributed by atoms with Crippen LogP contribution in [-0.2, 0) is 16.1 Å². The fourth-order valence-corrected chi connectivity index (χ4v) is 3.25. The Labute approximate surface area is 155 Å². The molecule has 1 N–H and O–H groups in total. The molecule has 136 valence electrons. The molecule has 6 nitrogen and oxygen atoms in total. The van der Waals surface area contributed by atoms with Gasteiger partial charge in [0, 0.05) is 29.5 Å². The number of nitrogens with zero attached hydrogens (tertiary/aromatic N) is 1. The summed E-state index contributed by atoms with van der Waals surface area (Å²) >= 11 is 0. The molecule has 3 aromatic rings. The van der Waals surface area contributed by atoms with Crippen LogP contribution in [0.5, 0.6) is 0 Å². The maximum absolute atomic E-state index is 12.6. The molecular formula is C21H18N2O4. The molecule has 3 amide bonds. The van der Waals surface area contributed by atoms with Crippen LogP contribution in [0.15, 0.2) is 52.9 Å². The summed E-state index contributed by atoms with van der Waals surface area (Å²) in [5, 5.41) is 3.73. The molecule has 0 unspecified atom stereocenters. The number of rotatable bonds is 4. The Kier molecular flexibility index (Phi) is 4.24. The molecule has 27 heavy (non-hydrogen) atoms. The number of fused-ring (bicyclic) bond motifs is 1. The van der Waals surface area contributed by atoms with Gasteiger partial charge in [-0.05, 0) is 30.7 Å². The topological polar surface area (TPSA) is 79.6 Å². The molecule has 1 saturated heterocycles. The number of likely N-dealkylation sites (tertiary alicyclic amines) is 1. The number of carbonyl (C=O) groups is 3. The van der Waals surface area contributed by atoms with Gasteiger partial charge < -0.3 is 9.73 Å². The molecular weight excluding hydrogens is 344 g/mol. The molecule has 2 heterocycles. The van der Waals surface area contributed by atoms with Gasteiger partial charge in [-0.2, -0.15) is 0 Å². The Hall–Kier alpha value is -3.41. The molecule has 0 bridgehead atoms. The van der Waals surface area contributed by atoms with Crippen molar-refractivity contribution < 1.29 is 18.8 Å². The lowest BCUT2D eigenvalue weighted by Gasteiger charge is -2.14. The van der Waals surface area contributed by atoms with E-state index >= 15 is 0 Å². The second kappa shape index (κ2) is 6.72. The van der Waals surface area contributed by atoms with E-state index in [1.165, 1.54) is 4.90 Å². The highest BCUT2D eigenvalue weighted by Crippen LogP contribution is 2.26. The Balaban J connectivity index is 1.48. The van der Waals surface area contributed by atoms with Gasteiger partial charge in [0.25, 0.3) is 5.91 Å². The monoisotopic (exact) mass is 362 g/mol. The summed E-state index contributed by atoms with van der Waals surface area (Å²) in [7, 11) is 0. The highest BCUT2D eigenvalue weighted by molar-refractivity contribution is 6.06. The van der Waals surface area contributed by atoms with Gasteiger partial charge in [-0.3, -0.25) is 19.3 Å². The Morgan fingerprint density at radius 1 is 1.04 bits per heavy atom. The number of anilines is 1. The average Bonchev–Trinajstić information content (AvgIpc) is 3.18. The summed E-state index contributed by atoms with van der Waals surface area (Å²) in [6.07, 6.45) is 0.563. The van der Waals surface area contributed by atoms with Gasteiger partial charge >= 0.3 is 0 Å². The second-order valence-corrected chi connectivity index (χ2v) is 6.58. The highest BCUT2D eigenvalue weighted by atomic mass is 16.3. The van der Waals surface area contributed by atoms with Crippen molar-refractivity contribution in [1.82, 2.24) is 4.90 Å². The molecule has 1 fully saturated rings. The number of benzene rings is 2. The fraction of sp³-hybridized carbons (Fsp3) is 0.190. The predicted molar refractivity (Wildman–Crippen MR) is 100 cm³/mol. The molecule has 1 aromatic heterocycles. The number of imide groups is 1. The van der Waals surface area contributed by atoms with E-state index in [-0.39, 0.29) is 42.9 Å². The third-order valence-electron chi connectivity index (χ3n) is 4.76. The largest absolute Gasteiger partial charge is 0.451 e. The zero-order chi connectivity index (χ0) is 19.0. The van der Waals surface area contributed by atoms with E-state index in [0.717, 1.165) is 16.5 Å². The Morgan fingerprint density at radius 3 is 2.37 bits per heavy atom. The summed E-state index contributed by atoms with van der Waals surface area (Å²) in [6.45, 7) is 2.11.